The molecule has 0 aromatic heterocycles. The van der Waals surface area contributed by atoms with E-state index in [0.29, 0.717) is 17.5 Å². The van der Waals surface area contributed by atoms with E-state index < -0.39 is 0 Å². The van der Waals surface area contributed by atoms with Crippen LogP contribution in [0.2, 0.25) is 0 Å². The van der Waals surface area contributed by atoms with E-state index >= 15 is 0 Å². The number of rotatable bonds is 3. The van der Waals surface area contributed by atoms with Gasteiger partial charge in [0.05, 0.1) is 5.92 Å². The highest BCUT2D eigenvalue weighted by molar-refractivity contribution is 6.29. The second-order valence-electron chi connectivity index (χ2n) is 4.81. The lowest BCUT2D eigenvalue weighted by molar-refractivity contribution is -0.135. The molecular weight excluding hydrogens is 238 g/mol. The number of carbonyl (C=O) groups is 1. The molecule has 0 bridgehead atoms. The second-order valence-corrected chi connectivity index (χ2v) is 5.35. The van der Waals surface area contributed by atoms with Crippen molar-refractivity contribution in [2.24, 2.45) is 5.92 Å². The molecule has 1 N–H and O–H groups in total. The SMILES string of the molecule is C=C(Cl)CN1CCC(C(=O)N2CCNCC2)C1. The number of hydrogen-bond acceptors (Lipinski definition) is 3. The van der Waals surface area contributed by atoms with E-state index in [1.54, 1.807) is 0 Å². The quantitative estimate of drug-likeness (QED) is 0.800. The third kappa shape index (κ3) is 3.44. The zero-order chi connectivity index (χ0) is 12.3. The predicted octanol–water partition coefficient (Wildman–Crippen LogP) is 0.493. The maximum atomic E-state index is 12.2. The Kier molecular flexibility index (Phi) is 4.42. The normalized spacial score (nSPS) is 26.2. The van der Waals surface area contributed by atoms with Crippen LogP contribution in [0.5, 0.6) is 0 Å². The molecule has 0 aromatic rings. The summed E-state index contributed by atoms with van der Waals surface area (Å²) in [6, 6.07) is 0. The van der Waals surface area contributed by atoms with E-state index in [-0.39, 0.29) is 5.92 Å². The first-order chi connectivity index (χ1) is 8.16. The minimum atomic E-state index is 0.157. The summed E-state index contributed by atoms with van der Waals surface area (Å²) >= 11 is 5.79. The number of carbonyl (C=O) groups excluding carboxylic acids is 1. The third-order valence-corrected chi connectivity index (χ3v) is 3.56. The number of nitrogens with zero attached hydrogens (tertiary/aromatic N) is 2. The molecule has 2 rings (SSSR count). The van der Waals surface area contributed by atoms with Gasteiger partial charge in [0, 0.05) is 44.3 Å². The maximum Gasteiger partial charge on any atom is 0.227 e. The van der Waals surface area contributed by atoms with Crippen molar-refractivity contribution in [3.63, 3.8) is 0 Å². The summed E-state index contributed by atoms with van der Waals surface area (Å²) in [4.78, 5) is 16.4. The van der Waals surface area contributed by atoms with Crippen molar-refractivity contribution in [1.82, 2.24) is 15.1 Å². The standard InChI is InChI=1S/C12H20ClN3O/c1-10(13)8-15-5-2-11(9-15)12(17)16-6-3-14-4-7-16/h11,14H,1-9H2. The van der Waals surface area contributed by atoms with E-state index in [4.69, 9.17) is 11.6 Å². The zero-order valence-electron chi connectivity index (χ0n) is 10.1. The minimum Gasteiger partial charge on any atom is -0.340 e. The maximum absolute atomic E-state index is 12.2. The van der Waals surface area contributed by atoms with Crippen LogP contribution in [0.15, 0.2) is 11.6 Å². The molecule has 0 aromatic carbocycles. The van der Waals surface area contributed by atoms with Crippen LogP contribution in [0.1, 0.15) is 6.42 Å². The van der Waals surface area contributed by atoms with Gasteiger partial charge >= 0.3 is 0 Å². The van der Waals surface area contributed by atoms with Gasteiger partial charge in [0.1, 0.15) is 0 Å². The molecule has 17 heavy (non-hydrogen) atoms. The second kappa shape index (κ2) is 5.85. The van der Waals surface area contributed by atoms with Gasteiger partial charge in [-0.05, 0) is 13.0 Å². The van der Waals surface area contributed by atoms with Gasteiger partial charge in [0.15, 0.2) is 0 Å². The topological polar surface area (TPSA) is 35.6 Å². The average Bonchev–Trinajstić information content (AvgIpc) is 2.77. The van der Waals surface area contributed by atoms with Crippen LogP contribution in [0, 0.1) is 5.92 Å². The van der Waals surface area contributed by atoms with Crippen molar-refractivity contribution in [3.05, 3.63) is 11.6 Å². The van der Waals surface area contributed by atoms with Crippen LogP contribution in [0.25, 0.3) is 0 Å². The van der Waals surface area contributed by atoms with Gasteiger partial charge in [0.2, 0.25) is 5.91 Å². The highest BCUT2D eigenvalue weighted by atomic mass is 35.5. The first-order valence-corrected chi connectivity index (χ1v) is 6.60. The molecule has 1 unspecified atom stereocenters. The van der Waals surface area contributed by atoms with E-state index in [1.807, 2.05) is 4.90 Å². The molecule has 96 valence electrons. The van der Waals surface area contributed by atoms with Crippen molar-refractivity contribution >= 4 is 17.5 Å². The average molecular weight is 258 g/mol. The summed E-state index contributed by atoms with van der Waals surface area (Å²) in [6.45, 7) is 9.70. The van der Waals surface area contributed by atoms with Crippen molar-refractivity contribution in [2.45, 2.75) is 6.42 Å². The van der Waals surface area contributed by atoms with Gasteiger partial charge in [-0.2, -0.15) is 0 Å². The lowest BCUT2D eigenvalue weighted by atomic mass is 10.1. The first kappa shape index (κ1) is 12.9. The van der Waals surface area contributed by atoms with Gasteiger partial charge in [-0.1, -0.05) is 18.2 Å². The highest BCUT2D eigenvalue weighted by Gasteiger charge is 2.31. The summed E-state index contributed by atoms with van der Waals surface area (Å²) in [5, 5.41) is 3.91. The fourth-order valence-corrected chi connectivity index (χ4v) is 2.73. The molecule has 4 nitrogen and oxygen atoms in total. The molecule has 1 atom stereocenters. The molecule has 0 aliphatic carbocycles. The van der Waals surface area contributed by atoms with E-state index in [2.05, 4.69) is 16.8 Å². The Morgan fingerprint density at radius 3 is 2.71 bits per heavy atom. The summed E-state index contributed by atoms with van der Waals surface area (Å²) in [5.74, 6) is 0.471. The molecule has 0 spiro atoms. The number of nitrogens with one attached hydrogen (secondary N) is 1. The summed E-state index contributed by atoms with van der Waals surface area (Å²) in [6.07, 6.45) is 0.951. The molecule has 0 saturated carbocycles. The van der Waals surface area contributed by atoms with E-state index in [9.17, 15) is 4.79 Å². The summed E-state index contributed by atoms with van der Waals surface area (Å²) < 4.78 is 0. The molecule has 2 saturated heterocycles. The Bertz CT molecular complexity index is 302. The number of halogens is 1. The Balaban J connectivity index is 1.82. The van der Waals surface area contributed by atoms with Crippen molar-refractivity contribution < 1.29 is 4.79 Å². The lowest BCUT2D eigenvalue weighted by Crippen LogP contribution is -2.48. The molecule has 2 aliphatic rings. The number of likely N-dealkylation sites (tertiary alicyclic amines) is 1. The molecule has 2 heterocycles. The van der Waals surface area contributed by atoms with Crippen LogP contribution < -0.4 is 5.32 Å². The summed E-state index contributed by atoms with van der Waals surface area (Å²) in [5.41, 5.74) is 0. The van der Waals surface area contributed by atoms with Crippen LogP contribution >= 0.6 is 11.6 Å². The Morgan fingerprint density at radius 1 is 1.35 bits per heavy atom. The van der Waals surface area contributed by atoms with Crippen molar-refractivity contribution in [3.8, 4) is 0 Å². The molecular formula is C12H20ClN3O. The van der Waals surface area contributed by atoms with Crippen molar-refractivity contribution in [1.29, 1.82) is 0 Å². The molecule has 5 heteroatoms. The fourth-order valence-electron chi connectivity index (χ4n) is 2.56. The van der Waals surface area contributed by atoms with Crippen LogP contribution in [0.3, 0.4) is 0 Å². The Labute approximate surface area is 108 Å². The van der Waals surface area contributed by atoms with Crippen LogP contribution in [-0.2, 0) is 4.79 Å². The van der Waals surface area contributed by atoms with Crippen LogP contribution in [-0.4, -0.2) is 61.5 Å². The Morgan fingerprint density at radius 2 is 2.06 bits per heavy atom. The van der Waals surface area contributed by atoms with Gasteiger partial charge < -0.3 is 10.2 Å². The van der Waals surface area contributed by atoms with Gasteiger partial charge in [-0.3, -0.25) is 9.69 Å². The lowest BCUT2D eigenvalue weighted by Gasteiger charge is -2.29. The van der Waals surface area contributed by atoms with Crippen molar-refractivity contribution in [2.75, 3.05) is 45.8 Å². The Hall–Kier alpha value is -0.580. The minimum absolute atomic E-state index is 0.157. The summed E-state index contributed by atoms with van der Waals surface area (Å²) in [7, 11) is 0. The first-order valence-electron chi connectivity index (χ1n) is 6.22. The van der Waals surface area contributed by atoms with Crippen LogP contribution in [0.4, 0.5) is 0 Å². The smallest absolute Gasteiger partial charge is 0.227 e. The zero-order valence-corrected chi connectivity index (χ0v) is 10.9. The van der Waals surface area contributed by atoms with E-state index in [1.165, 1.54) is 0 Å². The molecule has 2 fully saturated rings. The van der Waals surface area contributed by atoms with E-state index in [0.717, 1.165) is 45.7 Å². The monoisotopic (exact) mass is 257 g/mol. The predicted molar refractivity (Wildman–Crippen MR) is 69.0 cm³/mol. The third-order valence-electron chi connectivity index (χ3n) is 3.45. The fraction of sp³-hybridized carbons (Fsp3) is 0.750. The van der Waals surface area contributed by atoms with Gasteiger partial charge in [-0.15, -0.1) is 0 Å². The number of hydrogen-bond donors (Lipinski definition) is 1. The number of amides is 1. The van der Waals surface area contributed by atoms with Gasteiger partial charge in [0.25, 0.3) is 0 Å². The number of piperazine rings is 1. The largest absolute Gasteiger partial charge is 0.340 e. The molecule has 0 radical (unpaired) electrons. The van der Waals surface area contributed by atoms with Gasteiger partial charge in [-0.25, -0.2) is 0 Å². The molecule has 2 aliphatic heterocycles. The highest BCUT2D eigenvalue weighted by Crippen LogP contribution is 2.20. The molecule has 1 amide bonds.